The number of hydrogen-bond acceptors (Lipinski definition) is 6. The lowest BCUT2D eigenvalue weighted by atomic mass is 10.0. The highest BCUT2D eigenvalue weighted by atomic mass is 19.4. The lowest BCUT2D eigenvalue weighted by Gasteiger charge is -2.14. The van der Waals surface area contributed by atoms with Crippen molar-refractivity contribution in [2.24, 2.45) is 0 Å². The molecule has 1 aromatic rings. The number of carbonyl (C=O) groups is 2. The summed E-state index contributed by atoms with van der Waals surface area (Å²) in [6.45, 7) is 1.94. The third-order valence-corrected chi connectivity index (χ3v) is 3.01. The molecular weight excluding hydrogens is 351 g/mol. The fourth-order valence-electron chi connectivity index (χ4n) is 1.86. The van der Waals surface area contributed by atoms with Gasteiger partial charge in [0.2, 0.25) is 5.75 Å². The van der Waals surface area contributed by atoms with Gasteiger partial charge in [-0.25, -0.2) is 4.79 Å². The van der Waals surface area contributed by atoms with Crippen LogP contribution in [-0.2, 0) is 6.18 Å². The molecule has 0 radical (unpaired) electrons. The SMILES string of the molecule is CCCCNC(=O)NC(=O)c1c(C(F)(F)F)cc(O)c(O)c1[N+](=O)[O-]. The first kappa shape index (κ1) is 20.0. The summed E-state index contributed by atoms with van der Waals surface area (Å²) in [5.41, 5.74) is -5.11. The number of rotatable bonds is 5. The number of phenolic OH excluding ortho intramolecular Hbond substituents is 2. The Kier molecular flexibility index (Phi) is 6.14. The monoisotopic (exact) mass is 365 g/mol. The minimum Gasteiger partial charge on any atom is -0.504 e. The Hall–Kier alpha value is -3.05. The molecule has 0 spiro atoms. The Morgan fingerprint density at radius 2 is 1.92 bits per heavy atom. The fourth-order valence-corrected chi connectivity index (χ4v) is 1.86. The number of carbonyl (C=O) groups excluding carboxylic acids is 2. The number of amides is 3. The molecule has 1 aromatic carbocycles. The van der Waals surface area contributed by atoms with Crippen molar-refractivity contribution < 1.29 is 37.9 Å². The number of urea groups is 1. The second-order valence-electron chi connectivity index (χ2n) is 4.83. The zero-order chi connectivity index (χ0) is 19.4. The lowest BCUT2D eigenvalue weighted by Crippen LogP contribution is -2.40. The minimum absolute atomic E-state index is 0.0355. The molecule has 0 saturated heterocycles. The Labute approximate surface area is 138 Å². The predicted octanol–water partition coefficient (Wildman–Crippen LogP) is 2.26. The highest BCUT2D eigenvalue weighted by Crippen LogP contribution is 2.45. The van der Waals surface area contributed by atoms with Crippen LogP contribution in [0.15, 0.2) is 6.07 Å². The molecule has 4 N–H and O–H groups in total. The minimum atomic E-state index is -5.26. The van der Waals surface area contributed by atoms with Crippen LogP contribution in [0.1, 0.15) is 35.7 Å². The second-order valence-corrected chi connectivity index (χ2v) is 4.83. The fraction of sp³-hybridized carbons (Fsp3) is 0.385. The predicted molar refractivity (Wildman–Crippen MR) is 77.2 cm³/mol. The molecule has 0 aliphatic rings. The number of alkyl halides is 3. The number of aromatic hydroxyl groups is 2. The van der Waals surface area contributed by atoms with Crippen LogP contribution in [-0.4, -0.2) is 33.6 Å². The zero-order valence-corrected chi connectivity index (χ0v) is 12.8. The van der Waals surface area contributed by atoms with E-state index < -0.39 is 51.4 Å². The maximum absolute atomic E-state index is 13.1. The first-order valence-corrected chi connectivity index (χ1v) is 6.90. The van der Waals surface area contributed by atoms with Crippen LogP contribution in [0.4, 0.5) is 23.7 Å². The molecule has 1 rings (SSSR count). The summed E-state index contributed by atoms with van der Waals surface area (Å²) in [7, 11) is 0. The van der Waals surface area contributed by atoms with Crippen molar-refractivity contribution >= 4 is 17.6 Å². The number of phenols is 2. The van der Waals surface area contributed by atoms with Crippen LogP contribution >= 0.6 is 0 Å². The number of halogens is 3. The van der Waals surface area contributed by atoms with Gasteiger partial charge in [0.25, 0.3) is 5.91 Å². The van der Waals surface area contributed by atoms with E-state index in [0.29, 0.717) is 12.8 Å². The average molecular weight is 365 g/mol. The highest BCUT2D eigenvalue weighted by Gasteiger charge is 2.43. The van der Waals surface area contributed by atoms with E-state index in [0.717, 1.165) is 0 Å². The van der Waals surface area contributed by atoms with E-state index in [4.69, 9.17) is 0 Å². The van der Waals surface area contributed by atoms with Crippen LogP contribution in [0.2, 0.25) is 0 Å². The van der Waals surface area contributed by atoms with E-state index in [-0.39, 0.29) is 12.6 Å². The second kappa shape index (κ2) is 7.68. The molecule has 9 nitrogen and oxygen atoms in total. The molecule has 0 aliphatic heterocycles. The largest absolute Gasteiger partial charge is 0.504 e. The molecule has 0 bridgehead atoms. The zero-order valence-electron chi connectivity index (χ0n) is 12.8. The lowest BCUT2D eigenvalue weighted by molar-refractivity contribution is -0.386. The first-order chi connectivity index (χ1) is 11.5. The summed E-state index contributed by atoms with van der Waals surface area (Å²) >= 11 is 0. The third kappa shape index (κ3) is 4.71. The van der Waals surface area contributed by atoms with Gasteiger partial charge in [-0.05, 0) is 12.5 Å². The smallest absolute Gasteiger partial charge is 0.417 e. The van der Waals surface area contributed by atoms with Crippen molar-refractivity contribution in [1.29, 1.82) is 0 Å². The normalized spacial score (nSPS) is 11.0. The van der Waals surface area contributed by atoms with Gasteiger partial charge in [0.05, 0.1) is 10.5 Å². The maximum atomic E-state index is 13.1. The molecule has 0 aliphatic carbocycles. The van der Waals surface area contributed by atoms with Gasteiger partial charge in [-0.2, -0.15) is 13.2 Å². The van der Waals surface area contributed by atoms with Crippen LogP contribution < -0.4 is 10.6 Å². The topological polar surface area (TPSA) is 142 Å². The molecule has 0 heterocycles. The standard InChI is InChI=1S/C13H14F3N3O6/c1-2-3-4-17-12(23)18-11(22)8-6(13(14,15)16)5-7(20)10(21)9(8)19(24)25/h5,20-21H,2-4H2,1H3,(H2,17,18,22,23). The third-order valence-electron chi connectivity index (χ3n) is 3.01. The number of nitrogens with one attached hydrogen (secondary N) is 2. The molecule has 0 atom stereocenters. The van der Waals surface area contributed by atoms with Crippen LogP contribution in [0, 0.1) is 10.1 Å². The summed E-state index contributed by atoms with van der Waals surface area (Å²) in [6, 6.07) is -1.19. The van der Waals surface area contributed by atoms with Gasteiger partial charge in [0.15, 0.2) is 5.75 Å². The highest BCUT2D eigenvalue weighted by molar-refractivity contribution is 6.08. The van der Waals surface area contributed by atoms with Crippen molar-refractivity contribution in [2.45, 2.75) is 25.9 Å². The summed E-state index contributed by atoms with van der Waals surface area (Å²) in [4.78, 5) is 33.0. The van der Waals surface area contributed by atoms with Gasteiger partial charge >= 0.3 is 17.9 Å². The van der Waals surface area contributed by atoms with Crippen molar-refractivity contribution in [3.63, 3.8) is 0 Å². The van der Waals surface area contributed by atoms with E-state index in [1.165, 1.54) is 5.32 Å². The first-order valence-electron chi connectivity index (χ1n) is 6.90. The number of nitro benzene ring substituents is 1. The van der Waals surface area contributed by atoms with E-state index in [1.54, 1.807) is 0 Å². The van der Waals surface area contributed by atoms with Crippen molar-refractivity contribution in [3.8, 4) is 11.5 Å². The molecular formula is C13H14F3N3O6. The van der Waals surface area contributed by atoms with Crippen molar-refractivity contribution in [3.05, 3.63) is 27.3 Å². The number of imide groups is 1. The number of nitrogens with zero attached hydrogens (tertiary/aromatic N) is 1. The molecule has 12 heteroatoms. The Bertz CT molecular complexity index is 705. The van der Waals surface area contributed by atoms with Crippen molar-refractivity contribution in [1.82, 2.24) is 10.6 Å². The molecule has 0 fully saturated rings. The van der Waals surface area contributed by atoms with Gasteiger partial charge in [-0.3, -0.25) is 20.2 Å². The number of unbranched alkanes of at least 4 members (excludes halogenated alkanes) is 1. The maximum Gasteiger partial charge on any atom is 0.417 e. The Balaban J connectivity index is 3.36. The molecule has 0 saturated carbocycles. The van der Waals surface area contributed by atoms with Crippen molar-refractivity contribution in [2.75, 3.05) is 6.54 Å². The molecule has 0 unspecified atom stereocenters. The number of nitro groups is 1. The van der Waals surface area contributed by atoms with Gasteiger partial charge in [0.1, 0.15) is 5.56 Å². The number of hydrogen-bond donors (Lipinski definition) is 4. The Morgan fingerprint density at radius 1 is 1.32 bits per heavy atom. The summed E-state index contributed by atoms with van der Waals surface area (Å²) in [5, 5.41) is 33.4. The van der Waals surface area contributed by atoms with E-state index in [2.05, 4.69) is 5.32 Å². The Morgan fingerprint density at radius 3 is 2.40 bits per heavy atom. The molecule has 3 amide bonds. The van der Waals surface area contributed by atoms with Gasteiger partial charge in [-0.1, -0.05) is 13.3 Å². The number of benzene rings is 1. The molecule has 138 valence electrons. The molecule has 0 aromatic heterocycles. The quantitative estimate of drug-likeness (QED) is 0.273. The average Bonchev–Trinajstić information content (AvgIpc) is 2.47. The summed E-state index contributed by atoms with van der Waals surface area (Å²) in [5.74, 6) is -4.69. The van der Waals surface area contributed by atoms with E-state index in [9.17, 15) is 43.1 Å². The van der Waals surface area contributed by atoms with E-state index >= 15 is 0 Å². The summed E-state index contributed by atoms with van der Waals surface area (Å²) < 4.78 is 39.2. The summed E-state index contributed by atoms with van der Waals surface area (Å²) in [6.07, 6.45) is -4.03. The van der Waals surface area contributed by atoms with E-state index in [1.807, 2.05) is 6.92 Å². The van der Waals surface area contributed by atoms with Gasteiger partial charge < -0.3 is 15.5 Å². The van der Waals surface area contributed by atoms with Crippen LogP contribution in [0.25, 0.3) is 0 Å². The molecule has 25 heavy (non-hydrogen) atoms. The van der Waals surface area contributed by atoms with Crippen LogP contribution in [0.3, 0.4) is 0 Å². The van der Waals surface area contributed by atoms with Gasteiger partial charge in [0, 0.05) is 6.54 Å². The van der Waals surface area contributed by atoms with Gasteiger partial charge in [-0.15, -0.1) is 0 Å². The van der Waals surface area contributed by atoms with Crippen LogP contribution in [0.5, 0.6) is 11.5 Å².